The Kier molecular flexibility index (Phi) is 5.13. The van der Waals surface area contributed by atoms with Gasteiger partial charge in [0.2, 0.25) is 0 Å². The number of ether oxygens (including phenoxy) is 1. The summed E-state index contributed by atoms with van der Waals surface area (Å²) >= 11 is 0. The number of nitrogens with zero attached hydrogens (tertiary/aromatic N) is 5. The van der Waals surface area contributed by atoms with Crippen LogP contribution in [-0.4, -0.2) is 56.8 Å². The van der Waals surface area contributed by atoms with Crippen molar-refractivity contribution in [1.82, 2.24) is 15.0 Å². The van der Waals surface area contributed by atoms with E-state index in [0.29, 0.717) is 30.6 Å². The van der Waals surface area contributed by atoms with E-state index in [1.165, 1.54) is 0 Å². The number of hydrogen-bond acceptors (Lipinski definition) is 8. The first kappa shape index (κ1) is 20.6. The fourth-order valence-electron chi connectivity index (χ4n) is 4.51. The maximum absolute atomic E-state index is 14.1. The summed E-state index contributed by atoms with van der Waals surface area (Å²) < 4.78 is 23.9. The van der Waals surface area contributed by atoms with Gasteiger partial charge in [0.1, 0.15) is 11.6 Å². The molecule has 0 spiro atoms. The lowest BCUT2D eigenvalue weighted by molar-refractivity contribution is 0.0985. The van der Waals surface area contributed by atoms with Crippen molar-refractivity contribution in [2.24, 2.45) is 4.36 Å². The second-order valence-corrected chi connectivity index (χ2v) is 11.8. The number of hydrogen-bond donors (Lipinski definition) is 1. The van der Waals surface area contributed by atoms with Crippen molar-refractivity contribution in [2.45, 2.75) is 56.4 Å². The van der Waals surface area contributed by atoms with Gasteiger partial charge < -0.3 is 15.4 Å². The summed E-state index contributed by atoms with van der Waals surface area (Å²) in [7, 11) is -2.40. The van der Waals surface area contributed by atoms with Crippen molar-refractivity contribution in [3.63, 3.8) is 0 Å². The number of nitrogens with two attached hydrogens (primary N) is 1. The highest BCUT2D eigenvalue weighted by Gasteiger charge is 2.46. The lowest BCUT2D eigenvalue weighted by atomic mass is 10.0. The summed E-state index contributed by atoms with van der Waals surface area (Å²) in [5, 5.41) is 0. The van der Waals surface area contributed by atoms with Crippen molar-refractivity contribution in [2.75, 3.05) is 36.1 Å². The molecule has 4 heterocycles. The smallest absolute Gasteiger partial charge is 0.162 e. The fourth-order valence-corrected chi connectivity index (χ4v) is 7.42. The predicted molar refractivity (Wildman–Crippen MR) is 122 cm³/mol. The molecular weight excluding hydrogens is 412 g/mol. The quantitative estimate of drug-likeness (QED) is 0.776. The number of morpholine rings is 1. The molecule has 5 rings (SSSR count). The largest absolute Gasteiger partial charge is 0.384 e. The molecular formula is C22H30N6O2S. The van der Waals surface area contributed by atoms with Crippen molar-refractivity contribution < 1.29 is 8.95 Å². The SMILES string of the molecule is C[C@@H]1COCCN1c1cc([C@]2(C)CCCS2(=O)=NC2CC2)nc(-c2ccnc(N)c2)n1. The normalized spacial score (nSPS) is 31.0. The van der Waals surface area contributed by atoms with Crippen molar-refractivity contribution in [3.8, 4) is 11.4 Å². The standard InChI is InChI=1S/C22H30N6O2S/c1-15-14-30-10-9-28(15)20-13-18(25-21(26-20)16-6-8-24-19(23)12-16)22(2)7-3-11-31(22,29)27-17-4-5-17/h6,8,12-13,15,17H,3-5,7,9-11,14H2,1-2H3,(H2,23,24)/t15-,22+,31?/m1/s1. The van der Waals surface area contributed by atoms with E-state index in [-0.39, 0.29) is 12.1 Å². The van der Waals surface area contributed by atoms with Gasteiger partial charge in [0.05, 0.1) is 45.5 Å². The van der Waals surface area contributed by atoms with Crippen LogP contribution in [0.2, 0.25) is 0 Å². The van der Waals surface area contributed by atoms with E-state index in [2.05, 4.69) is 23.7 Å². The maximum atomic E-state index is 14.1. The van der Waals surface area contributed by atoms with Gasteiger partial charge in [0.15, 0.2) is 5.82 Å². The predicted octanol–water partition coefficient (Wildman–Crippen LogP) is 2.99. The molecule has 2 aliphatic heterocycles. The van der Waals surface area contributed by atoms with Crippen LogP contribution in [0.15, 0.2) is 28.8 Å². The molecule has 0 aromatic carbocycles. The molecule has 3 aliphatic rings. The van der Waals surface area contributed by atoms with Gasteiger partial charge in [-0.1, -0.05) is 0 Å². The highest BCUT2D eigenvalue weighted by molar-refractivity contribution is 7.94. The van der Waals surface area contributed by atoms with Crippen LogP contribution >= 0.6 is 0 Å². The Bertz CT molecular complexity index is 1110. The minimum absolute atomic E-state index is 0.198. The number of pyridine rings is 1. The summed E-state index contributed by atoms with van der Waals surface area (Å²) in [5.74, 6) is 2.49. The highest BCUT2D eigenvalue weighted by atomic mass is 32.2. The van der Waals surface area contributed by atoms with E-state index >= 15 is 0 Å². The zero-order valence-electron chi connectivity index (χ0n) is 18.2. The van der Waals surface area contributed by atoms with E-state index in [1.54, 1.807) is 12.3 Å². The number of nitrogen functional groups attached to an aromatic ring is 1. The monoisotopic (exact) mass is 442 g/mol. The molecule has 166 valence electrons. The summed E-state index contributed by atoms with van der Waals surface area (Å²) in [5.41, 5.74) is 7.56. The Balaban J connectivity index is 1.67. The Morgan fingerprint density at radius 2 is 2.16 bits per heavy atom. The van der Waals surface area contributed by atoms with E-state index in [1.807, 2.05) is 12.1 Å². The first-order valence-electron chi connectivity index (χ1n) is 11.1. The van der Waals surface area contributed by atoms with Gasteiger partial charge in [0.25, 0.3) is 0 Å². The highest BCUT2D eigenvalue weighted by Crippen LogP contribution is 2.45. The second kappa shape index (κ2) is 7.70. The van der Waals surface area contributed by atoms with Crippen LogP contribution < -0.4 is 10.6 Å². The zero-order valence-corrected chi connectivity index (χ0v) is 19.0. The maximum Gasteiger partial charge on any atom is 0.162 e. The molecule has 8 nitrogen and oxygen atoms in total. The van der Waals surface area contributed by atoms with Gasteiger partial charge in [-0.15, -0.1) is 0 Å². The minimum atomic E-state index is -2.40. The van der Waals surface area contributed by atoms with E-state index < -0.39 is 14.5 Å². The topological polar surface area (TPSA) is 107 Å². The van der Waals surface area contributed by atoms with Crippen LogP contribution in [0, 0.1) is 0 Å². The van der Waals surface area contributed by atoms with Gasteiger partial charge in [-0.2, -0.15) is 0 Å². The molecule has 1 unspecified atom stereocenters. The molecule has 9 heteroatoms. The summed E-state index contributed by atoms with van der Waals surface area (Å²) in [6, 6.07) is 6.14. The molecule has 1 saturated carbocycles. The fraction of sp³-hybridized carbons (Fsp3) is 0.591. The van der Waals surface area contributed by atoms with E-state index in [0.717, 1.165) is 49.3 Å². The minimum Gasteiger partial charge on any atom is -0.384 e. The van der Waals surface area contributed by atoms with Crippen LogP contribution in [0.25, 0.3) is 11.4 Å². The van der Waals surface area contributed by atoms with Crippen LogP contribution in [0.1, 0.15) is 45.2 Å². The number of anilines is 2. The van der Waals surface area contributed by atoms with Gasteiger partial charge in [-0.3, -0.25) is 0 Å². The number of rotatable bonds is 4. The number of aromatic nitrogens is 3. The third-order valence-electron chi connectivity index (χ3n) is 6.60. The van der Waals surface area contributed by atoms with E-state index in [9.17, 15) is 4.21 Å². The molecule has 2 saturated heterocycles. The Morgan fingerprint density at radius 3 is 2.90 bits per heavy atom. The molecule has 3 atom stereocenters. The molecule has 3 fully saturated rings. The van der Waals surface area contributed by atoms with Crippen LogP contribution in [-0.2, 0) is 19.2 Å². The zero-order chi connectivity index (χ0) is 21.6. The van der Waals surface area contributed by atoms with Crippen LogP contribution in [0.5, 0.6) is 0 Å². The van der Waals surface area contributed by atoms with E-state index in [4.69, 9.17) is 24.8 Å². The van der Waals surface area contributed by atoms with Crippen LogP contribution in [0.4, 0.5) is 11.6 Å². The van der Waals surface area contributed by atoms with Gasteiger partial charge >= 0.3 is 0 Å². The van der Waals surface area contributed by atoms with Crippen molar-refractivity contribution >= 4 is 21.4 Å². The van der Waals surface area contributed by atoms with Crippen LogP contribution in [0.3, 0.4) is 0 Å². The van der Waals surface area contributed by atoms with Gasteiger partial charge in [-0.25, -0.2) is 23.5 Å². The summed E-state index contributed by atoms with van der Waals surface area (Å²) in [4.78, 5) is 16.2. The molecule has 2 N–H and O–H groups in total. The molecule has 2 aromatic rings. The molecule has 2 aromatic heterocycles. The Morgan fingerprint density at radius 1 is 1.32 bits per heavy atom. The molecule has 0 radical (unpaired) electrons. The lowest BCUT2D eigenvalue weighted by Gasteiger charge is -2.35. The van der Waals surface area contributed by atoms with Crippen molar-refractivity contribution in [1.29, 1.82) is 0 Å². The summed E-state index contributed by atoms with van der Waals surface area (Å²) in [6.45, 7) is 6.28. The van der Waals surface area contributed by atoms with Gasteiger partial charge in [0, 0.05) is 30.1 Å². The Hall–Kier alpha value is -2.26. The molecule has 31 heavy (non-hydrogen) atoms. The first-order chi connectivity index (χ1) is 14.9. The summed E-state index contributed by atoms with van der Waals surface area (Å²) in [6.07, 6.45) is 5.48. The first-order valence-corrected chi connectivity index (χ1v) is 12.8. The Labute approximate surface area is 183 Å². The molecule has 0 amide bonds. The molecule has 1 aliphatic carbocycles. The third kappa shape index (κ3) is 3.78. The second-order valence-electron chi connectivity index (χ2n) is 9.04. The average Bonchev–Trinajstić information content (AvgIpc) is 3.51. The lowest BCUT2D eigenvalue weighted by Crippen LogP contribution is -2.44. The molecule has 0 bridgehead atoms. The van der Waals surface area contributed by atoms with Gasteiger partial charge in [-0.05, 0) is 51.7 Å². The third-order valence-corrected chi connectivity index (χ3v) is 9.90. The van der Waals surface area contributed by atoms with Crippen molar-refractivity contribution in [3.05, 3.63) is 30.1 Å². The average molecular weight is 443 g/mol.